The minimum atomic E-state index is -0.111. The Balaban J connectivity index is 1.45. The van der Waals surface area contributed by atoms with Gasteiger partial charge in [0.05, 0.1) is 39.4 Å². The van der Waals surface area contributed by atoms with Crippen LogP contribution in [0.25, 0.3) is 22.6 Å². The zero-order valence-corrected chi connectivity index (χ0v) is 19.9. The number of allylic oxidation sites excluding steroid dienone is 1. The standard InChI is InChI=1S/C27H28N2O6/c1-32-20-5-8-23(33-2)18(14-20)13-17-3-6-22-26(31)21-7-4-19(15-24(21)35-27(17)22)28-25(30)16-29-9-11-34-12-10-29/h4-5,7-8,13-15H,3,6,9-12,16H2,1-2H3,(H,28,30). The van der Waals surface area contributed by atoms with Gasteiger partial charge in [-0.1, -0.05) is 0 Å². The Bertz CT molecular complexity index is 1350. The van der Waals surface area contributed by atoms with E-state index in [-0.39, 0.29) is 11.3 Å². The fourth-order valence-corrected chi connectivity index (χ4v) is 4.61. The van der Waals surface area contributed by atoms with E-state index in [4.69, 9.17) is 18.6 Å². The smallest absolute Gasteiger partial charge is 0.238 e. The summed E-state index contributed by atoms with van der Waals surface area (Å²) in [6, 6.07) is 10.8. The van der Waals surface area contributed by atoms with Crippen LogP contribution in [0.1, 0.15) is 23.3 Å². The Morgan fingerprint density at radius 2 is 1.91 bits per heavy atom. The molecular formula is C27H28N2O6. The van der Waals surface area contributed by atoms with Crippen molar-refractivity contribution in [2.24, 2.45) is 0 Å². The van der Waals surface area contributed by atoms with Gasteiger partial charge in [-0.2, -0.15) is 0 Å². The van der Waals surface area contributed by atoms with Crippen LogP contribution in [0.4, 0.5) is 5.69 Å². The molecule has 1 fully saturated rings. The lowest BCUT2D eigenvalue weighted by Gasteiger charge is -2.25. The van der Waals surface area contributed by atoms with Gasteiger partial charge in [-0.3, -0.25) is 14.5 Å². The van der Waals surface area contributed by atoms with Crippen molar-refractivity contribution in [3.8, 4) is 11.5 Å². The zero-order valence-electron chi connectivity index (χ0n) is 19.9. The fourth-order valence-electron chi connectivity index (χ4n) is 4.61. The number of hydrogen-bond acceptors (Lipinski definition) is 7. The van der Waals surface area contributed by atoms with Crippen molar-refractivity contribution >= 4 is 34.2 Å². The van der Waals surface area contributed by atoms with Crippen molar-refractivity contribution < 1.29 is 23.4 Å². The molecule has 5 rings (SSSR count). The van der Waals surface area contributed by atoms with Gasteiger partial charge >= 0.3 is 0 Å². The summed E-state index contributed by atoms with van der Waals surface area (Å²) in [7, 11) is 3.24. The molecular weight excluding hydrogens is 448 g/mol. The second-order valence-electron chi connectivity index (χ2n) is 8.66. The highest BCUT2D eigenvalue weighted by Crippen LogP contribution is 2.36. The molecule has 2 heterocycles. The average molecular weight is 477 g/mol. The Morgan fingerprint density at radius 1 is 1.09 bits per heavy atom. The van der Waals surface area contributed by atoms with E-state index in [0.717, 1.165) is 24.2 Å². The topological polar surface area (TPSA) is 90.2 Å². The van der Waals surface area contributed by atoms with E-state index < -0.39 is 0 Å². The van der Waals surface area contributed by atoms with Gasteiger partial charge in [0, 0.05) is 36.0 Å². The number of rotatable bonds is 6. The van der Waals surface area contributed by atoms with E-state index in [0.29, 0.717) is 72.1 Å². The molecule has 35 heavy (non-hydrogen) atoms. The maximum Gasteiger partial charge on any atom is 0.238 e. The van der Waals surface area contributed by atoms with Gasteiger partial charge in [-0.25, -0.2) is 0 Å². The second kappa shape index (κ2) is 9.93. The zero-order chi connectivity index (χ0) is 24.4. The number of hydrogen-bond donors (Lipinski definition) is 1. The third kappa shape index (κ3) is 4.80. The maximum absolute atomic E-state index is 13.2. The first-order valence-corrected chi connectivity index (χ1v) is 11.7. The van der Waals surface area contributed by atoms with Crippen LogP contribution in [0.2, 0.25) is 0 Å². The number of benzene rings is 2. The van der Waals surface area contributed by atoms with Crippen LogP contribution in [-0.2, 0) is 16.0 Å². The van der Waals surface area contributed by atoms with Crippen molar-refractivity contribution in [1.82, 2.24) is 4.90 Å². The van der Waals surface area contributed by atoms with Gasteiger partial charge in [-0.05, 0) is 54.8 Å². The summed E-state index contributed by atoms with van der Waals surface area (Å²) in [5, 5.41) is 3.43. The van der Waals surface area contributed by atoms with Crippen molar-refractivity contribution in [1.29, 1.82) is 0 Å². The summed E-state index contributed by atoms with van der Waals surface area (Å²) >= 11 is 0. The van der Waals surface area contributed by atoms with Gasteiger partial charge < -0.3 is 23.9 Å². The number of anilines is 1. The molecule has 1 saturated heterocycles. The van der Waals surface area contributed by atoms with Crippen molar-refractivity contribution in [2.75, 3.05) is 52.4 Å². The lowest BCUT2D eigenvalue weighted by atomic mass is 10.1. The summed E-state index contributed by atoms with van der Waals surface area (Å²) in [4.78, 5) is 27.8. The molecule has 2 aliphatic rings. The number of nitrogens with one attached hydrogen (secondary N) is 1. The van der Waals surface area contributed by atoms with E-state index in [1.807, 2.05) is 24.3 Å². The number of carbonyl (C=O) groups is 1. The molecule has 8 nitrogen and oxygen atoms in total. The van der Waals surface area contributed by atoms with Crippen LogP contribution in [-0.4, -0.2) is 57.9 Å². The number of amides is 1. The Hall–Kier alpha value is -3.62. The molecule has 0 spiro atoms. The third-order valence-electron chi connectivity index (χ3n) is 6.44. The van der Waals surface area contributed by atoms with Crippen LogP contribution in [0.5, 0.6) is 11.5 Å². The molecule has 1 aliphatic heterocycles. The first-order valence-electron chi connectivity index (χ1n) is 11.7. The molecule has 1 N–H and O–H groups in total. The van der Waals surface area contributed by atoms with E-state index in [2.05, 4.69) is 10.2 Å². The molecule has 0 bridgehead atoms. The highest BCUT2D eigenvalue weighted by molar-refractivity contribution is 5.95. The quantitative estimate of drug-likeness (QED) is 0.582. The Labute approximate surface area is 203 Å². The summed E-state index contributed by atoms with van der Waals surface area (Å²) in [5.74, 6) is 1.90. The number of methoxy groups -OCH3 is 2. The molecule has 8 heteroatoms. The van der Waals surface area contributed by atoms with E-state index in [9.17, 15) is 9.59 Å². The first kappa shape index (κ1) is 23.1. The van der Waals surface area contributed by atoms with Gasteiger partial charge in [0.2, 0.25) is 5.91 Å². The molecule has 1 aromatic heterocycles. The van der Waals surface area contributed by atoms with Crippen molar-refractivity contribution in [3.05, 3.63) is 63.5 Å². The predicted octanol–water partition coefficient (Wildman–Crippen LogP) is 3.57. The summed E-state index contributed by atoms with van der Waals surface area (Å²) in [6.45, 7) is 3.04. The fraction of sp³-hybridized carbons (Fsp3) is 0.333. The Morgan fingerprint density at radius 3 is 2.69 bits per heavy atom. The lowest BCUT2D eigenvalue weighted by Crippen LogP contribution is -2.41. The normalized spacial score (nSPS) is 16.9. The number of morpholine rings is 1. The van der Waals surface area contributed by atoms with Crippen LogP contribution < -0.4 is 20.2 Å². The van der Waals surface area contributed by atoms with Crippen LogP contribution in [0.3, 0.4) is 0 Å². The second-order valence-corrected chi connectivity index (χ2v) is 8.66. The molecule has 0 unspecified atom stereocenters. The SMILES string of the molecule is COc1ccc(OC)c(C=C2CCc3c2oc2cc(NC(=O)CN4CCOCC4)ccc2c3=O)c1. The minimum absolute atomic E-state index is 0.0338. The summed E-state index contributed by atoms with van der Waals surface area (Å²) < 4.78 is 22.4. The molecule has 0 radical (unpaired) electrons. The number of nitrogens with zero attached hydrogens (tertiary/aromatic N) is 1. The monoisotopic (exact) mass is 476 g/mol. The molecule has 1 amide bonds. The lowest BCUT2D eigenvalue weighted by molar-refractivity contribution is -0.118. The molecule has 0 atom stereocenters. The molecule has 0 saturated carbocycles. The van der Waals surface area contributed by atoms with Crippen LogP contribution in [0, 0.1) is 0 Å². The van der Waals surface area contributed by atoms with Gasteiger partial charge in [-0.15, -0.1) is 0 Å². The first-order chi connectivity index (χ1) is 17.1. The summed E-state index contributed by atoms with van der Waals surface area (Å²) in [5.41, 5.74) is 3.46. The Kier molecular flexibility index (Phi) is 6.57. The van der Waals surface area contributed by atoms with Gasteiger partial charge in [0.25, 0.3) is 0 Å². The molecule has 182 valence electrons. The van der Waals surface area contributed by atoms with Crippen LogP contribution in [0.15, 0.2) is 45.6 Å². The van der Waals surface area contributed by atoms with Crippen molar-refractivity contribution in [2.45, 2.75) is 12.8 Å². The van der Waals surface area contributed by atoms with Crippen molar-refractivity contribution in [3.63, 3.8) is 0 Å². The number of fused-ring (bicyclic) bond motifs is 2. The van der Waals surface area contributed by atoms with E-state index in [1.54, 1.807) is 32.4 Å². The maximum atomic E-state index is 13.2. The highest BCUT2D eigenvalue weighted by Gasteiger charge is 2.25. The molecule has 2 aromatic carbocycles. The predicted molar refractivity (Wildman–Crippen MR) is 134 cm³/mol. The van der Waals surface area contributed by atoms with Gasteiger partial charge in [0.1, 0.15) is 22.8 Å². The van der Waals surface area contributed by atoms with E-state index >= 15 is 0 Å². The highest BCUT2D eigenvalue weighted by atomic mass is 16.5. The van der Waals surface area contributed by atoms with Crippen LogP contribution >= 0.6 is 0 Å². The number of carbonyl (C=O) groups excluding carboxylic acids is 1. The average Bonchev–Trinajstić information content (AvgIpc) is 3.27. The summed E-state index contributed by atoms with van der Waals surface area (Å²) in [6.07, 6.45) is 3.29. The minimum Gasteiger partial charge on any atom is -0.497 e. The molecule has 3 aromatic rings. The third-order valence-corrected chi connectivity index (χ3v) is 6.44. The van der Waals surface area contributed by atoms with E-state index in [1.165, 1.54) is 0 Å². The van der Waals surface area contributed by atoms with Gasteiger partial charge in [0.15, 0.2) is 5.43 Å². The molecule has 1 aliphatic carbocycles. The number of ether oxygens (including phenoxy) is 3. The largest absolute Gasteiger partial charge is 0.497 e.